The first-order valence-corrected chi connectivity index (χ1v) is 4.34. The molecule has 0 aromatic rings. The molecule has 0 radical (unpaired) electrons. The lowest BCUT2D eigenvalue weighted by molar-refractivity contribution is -0.141. The van der Waals surface area contributed by atoms with Crippen molar-refractivity contribution in [2.24, 2.45) is 5.92 Å². The summed E-state index contributed by atoms with van der Waals surface area (Å²) < 4.78 is 0. The molecule has 0 saturated carbocycles. The van der Waals surface area contributed by atoms with E-state index in [1.165, 1.54) is 0 Å². The Morgan fingerprint density at radius 1 is 1.50 bits per heavy atom. The highest BCUT2D eigenvalue weighted by atomic mass is 16.4. The van der Waals surface area contributed by atoms with E-state index in [0.29, 0.717) is 0 Å². The average Bonchev–Trinajstić information content (AvgIpc) is 2.03. The summed E-state index contributed by atoms with van der Waals surface area (Å²) in [4.78, 5) is 10.4. The van der Waals surface area contributed by atoms with Gasteiger partial charge in [0, 0.05) is 6.42 Å². The molecule has 1 N–H and O–H groups in total. The van der Waals surface area contributed by atoms with Crippen LogP contribution in [0.5, 0.6) is 0 Å². The molecule has 0 spiro atoms. The molecule has 1 atom stereocenters. The lowest BCUT2D eigenvalue weighted by Gasteiger charge is -2.03. The van der Waals surface area contributed by atoms with Crippen molar-refractivity contribution in [3.05, 3.63) is 0 Å². The molecule has 0 fully saturated rings. The summed E-state index contributed by atoms with van der Waals surface area (Å²) in [5.41, 5.74) is 0. The summed E-state index contributed by atoms with van der Waals surface area (Å²) in [5, 5.41) is 8.55. The van der Waals surface area contributed by atoms with Crippen LogP contribution >= 0.6 is 0 Å². The normalized spacial score (nSPS) is 12.0. The second kappa shape index (κ2) is 6.72. The first-order valence-electron chi connectivity index (χ1n) is 4.34. The first-order chi connectivity index (χ1) is 5.68. The molecule has 68 valence electrons. The Bertz CT molecular complexity index is 167. The van der Waals surface area contributed by atoms with Crippen LogP contribution in [0.4, 0.5) is 0 Å². The summed E-state index contributed by atoms with van der Waals surface area (Å²) in [5.74, 6) is 1.65. The van der Waals surface area contributed by atoms with Gasteiger partial charge in [-0.2, -0.15) is 0 Å². The van der Waals surface area contributed by atoms with Crippen LogP contribution < -0.4 is 0 Å². The van der Waals surface area contributed by atoms with E-state index < -0.39 is 5.97 Å². The monoisotopic (exact) mass is 168 g/mol. The molecule has 0 heterocycles. The number of terminal acetylenes is 1. The fraction of sp³-hybridized carbons (Fsp3) is 0.700. The van der Waals surface area contributed by atoms with Crippen molar-refractivity contribution in [3.63, 3.8) is 0 Å². The minimum Gasteiger partial charge on any atom is -0.481 e. The molecule has 12 heavy (non-hydrogen) atoms. The highest BCUT2D eigenvalue weighted by Gasteiger charge is 2.08. The van der Waals surface area contributed by atoms with Gasteiger partial charge in [-0.05, 0) is 12.8 Å². The van der Waals surface area contributed by atoms with Gasteiger partial charge in [-0.3, -0.25) is 4.79 Å². The molecule has 1 unspecified atom stereocenters. The van der Waals surface area contributed by atoms with Gasteiger partial charge in [0.25, 0.3) is 0 Å². The van der Waals surface area contributed by atoms with Crippen molar-refractivity contribution < 1.29 is 9.90 Å². The van der Waals surface area contributed by atoms with Crippen molar-refractivity contribution in [1.82, 2.24) is 0 Å². The minimum absolute atomic E-state index is 0.212. The third-order valence-electron chi connectivity index (χ3n) is 1.88. The zero-order valence-electron chi connectivity index (χ0n) is 7.55. The Labute approximate surface area is 74.0 Å². The second-order valence-corrected chi connectivity index (χ2v) is 3.04. The van der Waals surface area contributed by atoms with Crippen LogP contribution in [0.3, 0.4) is 0 Å². The van der Waals surface area contributed by atoms with E-state index in [2.05, 4.69) is 5.92 Å². The summed E-state index contributed by atoms with van der Waals surface area (Å²) in [6.07, 6.45) is 9.67. The maximum Gasteiger partial charge on any atom is 0.306 e. The van der Waals surface area contributed by atoms with Gasteiger partial charge in [-0.1, -0.05) is 19.8 Å². The van der Waals surface area contributed by atoms with Crippen LogP contribution in [0.1, 0.15) is 39.0 Å². The Morgan fingerprint density at radius 3 is 2.67 bits per heavy atom. The van der Waals surface area contributed by atoms with Crippen LogP contribution in [0.15, 0.2) is 0 Å². The van der Waals surface area contributed by atoms with Crippen LogP contribution in [-0.4, -0.2) is 11.1 Å². The first kappa shape index (κ1) is 11.0. The van der Waals surface area contributed by atoms with Gasteiger partial charge >= 0.3 is 5.97 Å². The Hall–Kier alpha value is -0.970. The van der Waals surface area contributed by atoms with Gasteiger partial charge in [-0.25, -0.2) is 0 Å². The molecule has 0 rings (SSSR count). The lowest BCUT2D eigenvalue weighted by Crippen LogP contribution is -2.08. The number of hydrogen-bond donors (Lipinski definition) is 1. The molecule has 2 heteroatoms. The van der Waals surface area contributed by atoms with Crippen molar-refractivity contribution in [3.8, 4) is 12.3 Å². The van der Waals surface area contributed by atoms with Gasteiger partial charge in [0.1, 0.15) is 0 Å². The van der Waals surface area contributed by atoms with Gasteiger partial charge in [0.2, 0.25) is 0 Å². The average molecular weight is 168 g/mol. The second-order valence-electron chi connectivity index (χ2n) is 3.04. The largest absolute Gasteiger partial charge is 0.481 e. The summed E-state index contributed by atoms with van der Waals surface area (Å²) in [6, 6.07) is 0. The molecule has 0 aliphatic carbocycles. The lowest BCUT2D eigenvalue weighted by atomic mass is 10.0. The number of rotatable bonds is 6. The predicted octanol–water partition coefficient (Wildman–Crippen LogP) is 2.29. The fourth-order valence-electron chi connectivity index (χ4n) is 0.978. The third-order valence-corrected chi connectivity index (χ3v) is 1.88. The number of carbonyl (C=O) groups is 1. The number of carboxylic acids is 1. The zero-order valence-corrected chi connectivity index (χ0v) is 7.55. The number of unbranched alkanes of at least 4 members (excludes halogenated alkanes) is 3. The van der Waals surface area contributed by atoms with E-state index in [4.69, 9.17) is 11.5 Å². The van der Waals surface area contributed by atoms with E-state index in [1.807, 2.05) is 0 Å². The van der Waals surface area contributed by atoms with Crippen molar-refractivity contribution in [2.75, 3.05) is 0 Å². The van der Waals surface area contributed by atoms with Crippen LogP contribution in [-0.2, 0) is 4.79 Å². The van der Waals surface area contributed by atoms with Gasteiger partial charge < -0.3 is 5.11 Å². The molecule has 0 bridgehead atoms. The Kier molecular flexibility index (Phi) is 6.18. The molecule has 0 saturated heterocycles. The predicted molar refractivity (Wildman–Crippen MR) is 48.7 cm³/mol. The molecular weight excluding hydrogens is 152 g/mol. The molecule has 0 aromatic carbocycles. The highest BCUT2D eigenvalue weighted by Crippen LogP contribution is 2.09. The van der Waals surface area contributed by atoms with Crippen molar-refractivity contribution >= 4 is 5.97 Å². The van der Waals surface area contributed by atoms with E-state index in [-0.39, 0.29) is 5.92 Å². The van der Waals surface area contributed by atoms with Crippen molar-refractivity contribution in [2.45, 2.75) is 39.0 Å². The fourth-order valence-corrected chi connectivity index (χ4v) is 0.978. The van der Waals surface area contributed by atoms with E-state index in [1.54, 1.807) is 6.92 Å². The van der Waals surface area contributed by atoms with E-state index in [9.17, 15) is 4.79 Å². The standard InChI is InChI=1S/C10H16O2/c1-3-4-5-6-7-8-9(2)10(11)12/h1,9H,4-8H2,2H3,(H,11,12). The zero-order chi connectivity index (χ0) is 9.40. The van der Waals surface area contributed by atoms with E-state index >= 15 is 0 Å². The summed E-state index contributed by atoms with van der Waals surface area (Å²) >= 11 is 0. The Balaban J connectivity index is 3.21. The summed E-state index contributed by atoms with van der Waals surface area (Å²) in [6.45, 7) is 1.74. The van der Waals surface area contributed by atoms with Gasteiger partial charge in [-0.15, -0.1) is 12.3 Å². The highest BCUT2D eigenvalue weighted by molar-refractivity contribution is 5.69. The number of hydrogen-bond acceptors (Lipinski definition) is 1. The summed E-state index contributed by atoms with van der Waals surface area (Å²) in [7, 11) is 0. The van der Waals surface area contributed by atoms with Crippen LogP contribution in [0, 0.1) is 18.3 Å². The Morgan fingerprint density at radius 2 is 2.17 bits per heavy atom. The molecule has 0 aromatic heterocycles. The maximum absolute atomic E-state index is 10.4. The molecule has 0 amide bonds. The van der Waals surface area contributed by atoms with Gasteiger partial charge in [0.15, 0.2) is 0 Å². The SMILES string of the molecule is C#CCCCCCC(C)C(=O)O. The third kappa shape index (κ3) is 5.79. The molecule has 0 aliphatic heterocycles. The molecule has 0 aliphatic rings. The van der Waals surface area contributed by atoms with Crippen LogP contribution in [0.2, 0.25) is 0 Å². The van der Waals surface area contributed by atoms with Gasteiger partial charge in [0.05, 0.1) is 5.92 Å². The van der Waals surface area contributed by atoms with Crippen LogP contribution in [0.25, 0.3) is 0 Å². The van der Waals surface area contributed by atoms with Crippen molar-refractivity contribution in [1.29, 1.82) is 0 Å². The number of carboxylic acid groups (broad SMARTS) is 1. The quantitative estimate of drug-likeness (QED) is 0.488. The smallest absolute Gasteiger partial charge is 0.306 e. The number of aliphatic carboxylic acids is 1. The molecule has 2 nitrogen and oxygen atoms in total. The van der Waals surface area contributed by atoms with E-state index in [0.717, 1.165) is 32.1 Å². The maximum atomic E-state index is 10.4. The minimum atomic E-state index is -0.702. The topological polar surface area (TPSA) is 37.3 Å². The molecular formula is C10H16O2.